The number of anilines is 1. The Kier molecular flexibility index (Phi) is 6.15. The summed E-state index contributed by atoms with van der Waals surface area (Å²) in [5.74, 6) is 0.914. The first-order chi connectivity index (χ1) is 9.74. The van der Waals surface area contributed by atoms with Crippen LogP contribution >= 0.6 is 0 Å². The number of benzene rings is 1. The molecule has 1 heterocycles. The number of hydrogen-bond acceptors (Lipinski definition) is 4. The summed E-state index contributed by atoms with van der Waals surface area (Å²) in [4.78, 5) is 0. The van der Waals surface area contributed by atoms with Crippen molar-refractivity contribution in [1.82, 2.24) is 5.32 Å². The number of rotatable bonds is 8. The average molecular weight is 278 g/mol. The summed E-state index contributed by atoms with van der Waals surface area (Å²) < 4.78 is 11.2. The van der Waals surface area contributed by atoms with E-state index in [1.54, 1.807) is 0 Å². The SMILES string of the molecule is CC(C)Oc1cccc(NCCNCC2CCCO2)c1. The molecule has 0 amide bonds. The van der Waals surface area contributed by atoms with E-state index in [4.69, 9.17) is 9.47 Å². The molecule has 1 unspecified atom stereocenters. The lowest BCUT2D eigenvalue weighted by molar-refractivity contribution is 0.110. The van der Waals surface area contributed by atoms with Crippen LogP contribution in [0.2, 0.25) is 0 Å². The Hall–Kier alpha value is -1.26. The smallest absolute Gasteiger partial charge is 0.121 e. The summed E-state index contributed by atoms with van der Waals surface area (Å²) in [6, 6.07) is 8.11. The second-order valence-corrected chi connectivity index (χ2v) is 5.46. The molecule has 1 fully saturated rings. The molecule has 0 radical (unpaired) electrons. The number of nitrogens with one attached hydrogen (secondary N) is 2. The fraction of sp³-hybridized carbons (Fsp3) is 0.625. The standard InChI is InChI=1S/C16H26N2O2/c1-13(2)20-15-6-3-5-14(11-15)18-9-8-17-12-16-7-4-10-19-16/h3,5-6,11,13,16-18H,4,7-10,12H2,1-2H3. The molecular weight excluding hydrogens is 252 g/mol. The van der Waals surface area contributed by atoms with E-state index in [1.807, 2.05) is 32.0 Å². The lowest BCUT2D eigenvalue weighted by atomic mass is 10.2. The highest BCUT2D eigenvalue weighted by Crippen LogP contribution is 2.18. The molecule has 1 aromatic carbocycles. The molecule has 1 aliphatic rings. The minimum Gasteiger partial charge on any atom is -0.491 e. The maximum Gasteiger partial charge on any atom is 0.121 e. The first-order valence-electron chi connectivity index (χ1n) is 7.57. The van der Waals surface area contributed by atoms with Gasteiger partial charge >= 0.3 is 0 Å². The van der Waals surface area contributed by atoms with Crippen LogP contribution in [0.15, 0.2) is 24.3 Å². The van der Waals surface area contributed by atoms with Crippen LogP contribution in [0.1, 0.15) is 26.7 Å². The Balaban J connectivity index is 1.63. The van der Waals surface area contributed by atoms with Crippen LogP contribution in [0.3, 0.4) is 0 Å². The van der Waals surface area contributed by atoms with Gasteiger partial charge in [0.1, 0.15) is 5.75 Å². The van der Waals surface area contributed by atoms with Gasteiger partial charge < -0.3 is 20.1 Å². The van der Waals surface area contributed by atoms with Gasteiger partial charge in [0, 0.05) is 38.0 Å². The lowest BCUT2D eigenvalue weighted by Gasteiger charge is -2.13. The molecular formula is C16H26N2O2. The molecule has 1 atom stereocenters. The lowest BCUT2D eigenvalue weighted by Crippen LogP contribution is -2.30. The van der Waals surface area contributed by atoms with Gasteiger partial charge in [-0.15, -0.1) is 0 Å². The van der Waals surface area contributed by atoms with E-state index in [0.717, 1.165) is 37.7 Å². The van der Waals surface area contributed by atoms with Crippen molar-refractivity contribution in [2.45, 2.75) is 38.9 Å². The summed E-state index contributed by atoms with van der Waals surface area (Å²) in [5, 5.41) is 6.83. The average Bonchev–Trinajstić information content (AvgIpc) is 2.91. The van der Waals surface area contributed by atoms with Gasteiger partial charge in [-0.25, -0.2) is 0 Å². The normalized spacial score (nSPS) is 18.4. The van der Waals surface area contributed by atoms with E-state index in [0.29, 0.717) is 6.10 Å². The summed E-state index contributed by atoms with van der Waals surface area (Å²) in [7, 11) is 0. The number of ether oxygens (including phenoxy) is 2. The van der Waals surface area contributed by atoms with Crippen LogP contribution in [0.4, 0.5) is 5.69 Å². The fourth-order valence-corrected chi connectivity index (χ4v) is 2.32. The first-order valence-corrected chi connectivity index (χ1v) is 7.57. The van der Waals surface area contributed by atoms with Gasteiger partial charge in [0.05, 0.1) is 12.2 Å². The Bertz CT molecular complexity index is 390. The third-order valence-corrected chi connectivity index (χ3v) is 3.23. The van der Waals surface area contributed by atoms with Crippen LogP contribution in [-0.4, -0.2) is 38.4 Å². The molecule has 0 spiro atoms. The van der Waals surface area contributed by atoms with Gasteiger partial charge in [-0.05, 0) is 38.8 Å². The van der Waals surface area contributed by atoms with Crippen LogP contribution in [0.5, 0.6) is 5.75 Å². The van der Waals surface area contributed by atoms with Crippen LogP contribution < -0.4 is 15.4 Å². The van der Waals surface area contributed by atoms with Gasteiger partial charge in [0.25, 0.3) is 0 Å². The molecule has 1 aliphatic heterocycles. The monoisotopic (exact) mass is 278 g/mol. The Morgan fingerprint density at radius 3 is 3.00 bits per heavy atom. The largest absolute Gasteiger partial charge is 0.491 e. The van der Waals surface area contributed by atoms with E-state index >= 15 is 0 Å². The second kappa shape index (κ2) is 8.12. The highest BCUT2D eigenvalue weighted by Gasteiger charge is 2.13. The van der Waals surface area contributed by atoms with Crippen molar-refractivity contribution in [3.63, 3.8) is 0 Å². The predicted molar refractivity (Wildman–Crippen MR) is 82.5 cm³/mol. The Morgan fingerprint density at radius 1 is 1.35 bits per heavy atom. The highest BCUT2D eigenvalue weighted by molar-refractivity contribution is 5.48. The molecule has 112 valence electrons. The van der Waals surface area contributed by atoms with Gasteiger partial charge in [-0.3, -0.25) is 0 Å². The minimum absolute atomic E-state index is 0.207. The predicted octanol–water partition coefficient (Wildman–Crippen LogP) is 2.65. The van der Waals surface area contributed by atoms with E-state index in [-0.39, 0.29) is 6.10 Å². The minimum atomic E-state index is 0.207. The van der Waals surface area contributed by atoms with Crippen molar-refractivity contribution in [3.05, 3.63) is 24.3 Å². The Labute approximate surface area is 121 Å². The summed E-state index contributed by atoms with van der Waals surface area (Å²) >= 11 is 0. The second-order valence-electron chi connectivity index (χ2n) is 5.46. The molecule has 0 aliphatic carbocycles. The highest BCUT2D eigenvalue weighted by atomic mass is 16.5. The zero-order valence-electron chi connectivity index (χ0n) is 12.5. The molecule has 1 saturated heterocycles. The molecule has 0 bridgehead atoms. The quantitative estimate of drug-likeness (QED) is 0.717. The molecule has 20 heavy (non-hydrogen) atoms. The zero-order chi connectivity index (χ0) is 14.2. The van der Waals surface area contributed by atoms with E-state index in [2.05, 4.69) is 16.7 Å². The van der Waals surface area contributed by atoms with Gasteiger partial charge in [0.2, 0.25) is 0 Å². The molecule has 4 nitrogen and oxygen atoms in total. The summed E-state index contributed by atoms with van der Waals surface area (Å²) in [6.07, 6.45) is 3.01. The molecule has 2 rings (SSSR count). The maximum atomic E-state index is 5.68. The molecule has 0 saturated carbocycles. The maximum absolute atomic E-state index is 5.68. The molecule has 1 aromatic rings. The van der Waals surface area contributed by atoms with E-state index in [1.165, 1.54) is 12.8 Å². The van der Waals surface area contributed by atoms with Crippen molar-refractivity contribution in [2.75, 3.05) is 31.6 Å². The first kappa shape index (κ1) is 15.1. The number of hydrogen-bond donors (Lipinski definition) is 2. The fourth-order valence-electron chi connectivity index (χ4n) is 2.32. The van der Waals surface area contributed by atoms with Crippen LogP contribution in [0.25, 0.3) is 0 Å². The van der Waals surface area contributed by atoms with Crippen LogP contribution in [0, 0.1) is 0 Å². The van der Waals surface area contributed by atoms with Crippen molar-refractivity contribution in [1.29, 1.82) is 0 Å². The van der Waals surface area contributed by atoms with E-state index < -0.39 is 0 Å². The van der Waals surface area contributed by atoms with Crippen molar-refractivity contribution < 1.29 is 9.47 Å². The third kappa shape index (κ3) is 5.39. The van der Waals surface area contributed by atoms with Gasteiger partial charge in [-0.2, -0.15) is 0 Å². The summed E-state index contributed by atoms with van der Waals surface area (Å²) in [6.45, 7) is 7.79. The van der Waals surface area contributed by atoms with Gasteiger partial charge in [0.15, 0.2) is 0 Å². The molecule has 4 heteroatoms. The summed E-state index contributed by atoms with van der Waals surface area (Å²) in [5.41, 5.74) is 1.10. The topological polar surface area (TPSA) is 42.5 Å². The van der Waals surface area contributed by atoms with Gasteiger partial charge in [-0.1, -0.05) is 6.07 Å². The van der Waals surface area contributed by atoms with Crippen molar-refractivity contribution in [3.8, 4) is 5.75 Å². The van der Waals surface area contributed by atoms with E-state index in [9.17, 15) is 0 Å². The third-order valence-electron chi connectivity index (χ3n) is 3.23. The Morgan fingerprint density at radius 2 is 2.25 bits per heavy atom. The van der Waals surface area contributed by atoms with Crippen molar-refractivity contribution >= 4 is 5.69 Å². The molecule has 0 aromatic heterocycles. The van der Waals surface area contributed by atoms with Crippen molar-refractivity contribution in [2.24, 2.45) is 0 Å². The zero-order valence-corrected chi connectivity index (χ0v) is 12.5. The van der Waals surface area contributed by atoms with Crippen LogP contribution in [-0.2, 0) is 4.74 Å². The molecule has 2 N–H and O–H groups in total.